The molecule has 8 heteroatoms. The van der Waals surface area contributed by atoms with E-state index in [0.717, 1.165) is 22.5 Å². The molecule has 0 saturated carbocycles. The summed E-state index contributed by atoms with van der Waals surface area (Å²) in [5.74, 6) is 0.163. The van der Waals surface area contributed by atoms with Crippen LogP contribution in [-0.4, -0.2) is 24.5 Å². The van der Waals surface area contributed by atoms with E-state index >= 15 is 0 Å². The lowest BCUT2D eigenvalue weighted by Crippen LogP contribution is -2.27. The number of hydrogen-bond acceptors (Lipinski definition) is 5. The maximum atomic E-state index is 14.0. The van der Waals surface area contributed by atoms with Crippen molar-refractivity contribution in [2.75, 3.05) is 5.32 Å². The van der Waals surface area contributed by atoms with E-state index in [-0.39, 0.29) is 11.6 Å². The lowest BCUT2D eigenvalue weighted by molar-refractivity contribution is 0.629. The van der Waals surface area contributed by atoms with Crippen LogP contribution in [0.3, 0.4) is 0 Å². The van der Waals surface area contributed by atoms with Gasteiger partial charge in [-0.2, -0.15) is 0 Å². The summed E-state index contributed by atoms with van der Waals surface area (Å²) in [6.07, 6.45) is 3.71. The summed E-state index contributed by atoms with van der Waals surface area (Å²) in [6, 6.07) is 11.9. The summed E-state index contributed by atoms with van der Waals surface area (Å²) in [4.78, 5) is 29.6. The molecule has 166 valence electrons. The summed E-state index contributed by atoms with van der Waals surface area (Å²) >= 11 is 0. The number of rotatable bonds is 5. The molecule has 2 N–H and O–H groups in total. The average molecular weight is 442 g/mol. The first-order valence-corrected chi connectivity index (χ1v) is 10.8. The third-order valence-corrected chi connectivity index (χ3v) is 6.13. The number of pyridine rings is 1. The number of halogens is 1. The van der Waals surface area contributed by atoms with Gasteiger partial charge in [-0.15, -0.1) is 0 Å². The second-order valence-corrected chi connectivity index (χ2v) is 8.09. The molecule has 1 atom stereocenters. The van der Waals surface area contributed by atoms with Crippen molar-refractivity contribution in [1.29, 1.82) is 0 Å². The first-order valence-electron chi connectivity index (χ1n) is 10.8. The van der Waals surface area contributed by atoms with Crippen LogP contribution >= 0.6 is 0 Å². The Kier molecular flexibility index (Phi) is 5.12. The molecule has 0 radical (unpaired) electrons. The van der Waals surface area contributed by atoms with Crippen molar-refractivity contribution >= 4 is 27.8 Å². The lowest BCUT2D eigenvalue weighted by atomic mass is 10.0. The van der Waals surface area contributed by atoms with Crippen molar-refractivity contribution in [2.45, 2.75) is 33.2 Å². The van der Waals surface area contributed by atoms with Gasteiger partial charge in [0.2, 0.25) is 0 Å². The second-order valence-electron chi connectivity index (χ2n) is 8.09. The summed E-state index contributed by atoms with van der Waals surface area (Å²) < 4.78 is 15.7. The number of fused-ring (bicyclic) bond motifs is 2. The number of anilines is 1. The predicted molar refractivity (Wildman–Crippen MR) is 127 cm³/mol. The first-order chi connectivity index (χ1) is 16.0. The van der Waals surface area contributed by atoms with Gasteiger partial charge in [0.15, 0.2) is 11.5 Å². The molecule has 33 heavy (non-hydrogen) atoms. The lowest BCUT2D eigenvalue weighted by Gasteiger charge is -2.24. The fourth-order valence-electron chi connectivity index (χ4n) is 4.21. The SMILES string of the molecule is CC[C@H](Nc1ncnc2nc[nH]c12)c1cc2ccc(F)cc2c(=O)n1-c1cccc(C)c1C. The summed E-state index contributed by atoms with van der Waals surface area (Å²) in [5.41, 5.74) is 4.59. The topological polar surface area (TPSA) is 88.5 Å². The minimum atomic E-state index is -0.437. The van der Waals surface area contributed by atoms with Crippen molar-refractivity contribution in [3.05, 3.63) is 88.1 Å². The number of H-pyrrole nitrogens is 1. The van der Waals surface area contributed by atoms with Gasteiger partial charge in [-0.25, -0.2) is 19.3 Å². The molecule has 7 nitrogen and oxygen atoms in total. The van der Waals surface area contributed by atoms with Crippen LogP contribution in [0, 0.1) is 19.7 Å². The molecule has 0 bridgehead atoms. The molecule has 5 rings (SSSR count). The van der Waals surface area contributed by atoms with Gasteiger partial charge in [0.05, 0.1) is 23.4 Å². The van der Waals surface area contributed by atoms with Gasteiger partial charge < -0.3 is 10.3 Å². The van der Waals surface area contributed by atoms with E-state index < -0.39 is 5.82 Å². The van der Waals surface area contributed by atoms with E-state index in [0.29, 0.717) is 34.2 Å². The van der Waals surface area contributed by atoms with E-state index in [1.807, 2.05) is 45.0 Å². The number of nitrogens with one attached hydrogen (secondary N) is 2. The van der Waals surface area contributed by atoms with E-state index in [9.17, 15) is 9.18 Å². The van der Waals surface area contributed by atoms with Gasteiger partial charge >= 0.3 is 0 Å². The molecular formula is C25H23FN6O. The van der Waals surface area contributed by atoms with Crippen molar-refractivity contribution in [3.8, 4) is 5.69 Å². The zero-order valence-corrected chi connectivity index (χ0v) is 18.6. The zero-order valence-electron chi connectivity index (χ0n) is 18.6. The fourth-order valence-corrected chi connectivity index (χ4v) is 4.21. The van der Waals surface area contributed by atoms with Crippen LogP contribution in [0.1, 0.15) is 36.2 Å². The van der Waals surface area contributed by atoms with Crippen molar-refractivity contribution in [2.24, 2.45) is 0 Å². The van der Waals surface area contributed by atoms with Gasteiger partial charge in [0.1, 0.15) is 17.7 Å². The van der Waals surface area contributed by atoms with Crippen LogP contribution in [-0.2, 0) is 0 Å². The van der Waals surface area contributed by atoms with Crippen molar-refractivity contribution in [1.82, 2.24) is 24.5 Å². The third-order valence-electron chi connectivity index (χ3n) is 6.13. The Morgan fingerprint density at radius 3 is 2.79 bits per heavy atom. The molecule has 3 heterocycles. The number of imidazole rings is 1. The van der Waals surface area contributed by atoms with E-state index in [1.165, 1.54) is 18.5 Å². The number of aromatic nitrogens is 5. The molecule has 0 amide bonds. The molecule has 0 aliphatic carbocycles. The quantitative estimate of drug-likeness (QED) is 0.401. The van der Waals surface area contributed by atoms with E-state index in [4.69, 9.17) is 0 Å². The highest BCUT2D eigenvalue weighted by Gasteiger charge is 2.21. The predicted octanol–water partition coefficient (Wildman–Crippen LogP) is 4.98. The summed E-state index contributed by atoms with van der Waals surface area (Å²) in [7, 11) is 0. The summed E-state index contributed by atoms with van der Waals surface area (Å²) in [5, 5.41) is 4.49. The van der Waals surface area contributed by atoms with Crippen LogP contribution in [0.5, 0.6) is 0 Å². The maximum Gasteiger partial charge on any atom is 0.263 e. The maximum absolute atomic E-state index is 14.0. The first kappa shape index (κ1) is 20.8. The molecule has 0 aliphatic heterocycles. The normalized spacial score (nSPS) is 12.4. The van der Waals surface area contributed by atoms with Crippen LogP contribution in [0.15, 0.2) is 59.9 Å². The molecule has 0 aliphatic rings. The molecule has 2 aromatic carbocycles. The molecule has 0 spiro atoms. The molecule has 3 aromatic heterocycles. The Bertz CT molecular complexity index is 1550. The Hall–Kier alpha value is -4.07. The highest BCUT2D eigenvalue weighted by atomic mass is 19.1. The largest absolute Gasteiger partial charge is 0.360 e. The Morgan fingerprint density at radius 1 is 1.12 bits per heavy atom. The Balaban J connectivity index is 1.76. The number of hydrogen-bond donors (Lipinski definition) is 2. The highest BCUT2D eigenvalue weighted by molar-refractivity contribution is 5.84. The van der Waals surface area contributed by atoms with E-state index in [1.54, 1.807) is 17.0 Å². The minimum absolute atomic E-state index is 0.256. The standard InChI is InChI=1S/C25H23FN6O/c1-4-19(31-24-22-23(28-12-27-22)29-13-30-24)21-10-16-8-9-17(26)11-18(16)25(33)32(21)20-7-5-6-14(2)15(20)3/h5-13,19H,4H2,1-3H3,(H2,27,28,29,30,31)/t19-/m0/s1. The van der Waals surface area contributed by atoms with E-state index in [2.05, 4.69) is 25.3 Å². The van der Waals surface area contributed by atoms with Crippen molar-refractivity contribution in [3.63, 3.8) is 0 Å². The zero-order chi connectivity index (χ0) is 23.1. The smallest absolute Gasteiger partial charge is 0.263 e. The highest BCUT2D eigenvalue weighted by Crippen LogP contribution is 2.29. The Labute approximate surface area is 189 Å². The van der Waals surface area contributed by atoms with Gasteiger partial charge in [-0.3, -0.25) is 9.36 Å². The molecular weight excluding hydrogens is 419 g/mol. The Morgan fingerprint density at radius 2 is 1.97 bits per heavy atom. The van der Waals surface area contributed by atoms with Gasteiger partial charge in [0.25, 0.3) is 5.56 Å². The van der Waals surface area contributed by atoms with Gasteiger partial charge in [-0.1, -0.05) is 25.1 Å². The van der Waals surface area contributed by atoms with Crippen LogP contribution in [0.2, 0.25) is 0 Å². The summed E-state index contributed by atoms with van der Waals surface area (Å²) in [6.45, 7) is 6.04. The molecule has 5 aromatic rings. The number of benzene rings is 2. The van der Waals surface area contributed by atoms with Gasteiger partial charge in [-0.05, 0) is 61.0 Å². The van der Waals surface area contributed by atoms with Gasteiger partial charge in [0, 0.05) is 5.69 Å². The minimum Gasteiger partial charge on any atom is -0.360 e. The third kappa shape index (κ3) is 3.53. The van der Waals surface area contributed by atoms with Crippen LogP contribution in [0.4, 0.5) is 10.2 Å². The monoisotopic (exact) mass is 442 g/mol. The number of nitrogens with zero attached hydrogens (tertiary/aromatic N) is 4. The molecule has 0 unspecified atom stereocenters. The van der Waals surface area contributed by atoms with Crippen molar-refractivity contribution < 1.29 is 4.39 Å². The van der Waals surface area contributed by atoms with Crippen LogP contribution < -0.4 is 10.9 Å². The second kappa shape index (κ2) is 8.12. The number of aryl methyl sites for hydroxylation is 1. The molecule has 0 fully saturated rings. The molecule has 0 saturated heterocycles. The number of aromatic amines is 1. The van der Waals surface area contributed by atoms with Crippen LogP contribution in [0.25, 0.3) is 27.6 Å². The fraction of sp³-hybridized carbons (Fsp3) is 0.200. The average Bonchev–Trinajstić information content (AvgIpc) is 3.30.